The molecule has 0 amide bonds. The quantitative estimate of drug-likeness (QED) is 0.738. The SMILES string of the molecule is CCCN(CC)CCNCc1ccc(Br)c(C)c1. The predicted octanol–water partition coefficient (Wildman–Crippen LogP) is 3.58. The highest BCUT2D eigenvalue weighted by Gasteiger charge is 2.00. The van der Waals surface area contributed by atoms with Gasteiger partial charge in [0.1, 0.15) is 0 Å². The van der Waals surface area contributed by atoms with E-state index < -0.39 is 0 Å². The average molecular weight is 313 g/mol. The fourth-order valence-corrected chi connectivity index (χ4v) is 2.28. The van der Waals surface area contributed by atoms with Gasteiger partial charge in [0, 0.05) is 24.1 Å². The zero-order valence-electron chi connectivity index (χ0n) is 11.8. The normalized spacial score (nSPS) is 11.2. The molecule has 0 aliphatic rings. The molecular formula is C15H25BrN2. The molecule has 0 bridgehead atoms. The van der Waals surface area contributed by atoms with Crippen LogP contribution in [0.15, 0.2) is 22.7 Å². The van der Waals surface area contributed by atoms with Crippen LogP contribution in [-0.4, -0.2) is 31.1 Å². The predicted molar refractivity (Wildman–Crippen MR) is 83.0 cm³/mol. The molecule has 0 saturated heterocycles. The summed E-state index contributed by atoms with van der Waals surface area (Å²) in [6, 6.07) is 6.54. The molecule has 1 aromatic carbocycles. The Morgan fingerprint density at radius 3 is 2.61 bits per heavy atom. The Balaban J connectivity index is 2.26. The van der Waals surface area contributed by atoms with Crippen LogP contribution >= 0.6 is 15.9 Å². The summed E-state index contributed by atoms with van der Waals surface area (Å²) in [7, 11) is 0. The summed E-state index contributed by atoms with van der Waals surface area (Å²) in [4.78, 5) is 2.49. The molecule has 0 aliphatic heterocycles. The fourth-order valence-electron chi connectivity index (χ4n) is 2.03. The second-order valence-corrected chi connectivity index (χ2v) is 5.55. The van der Waals surface area contributed by atoms with Gasteiger partial charge in [-0.1, -0.05) is 41.9 Å². The summed E-state index contributed by atoms with van der Waals surface area (Å²) >= 11 is 3.53. The molecule has 0 spiro atoms. The van der Waals surface area contributed by atoms with Crippen LogP contribution < -0.4 is 5.32 Å². The Hall–Kier alpha value is -0.380. The van der Waals surface area contributed by atoms with Crippen LogP contribution in [0.25, 0.3) is 0 Å². The molecule has 102 valence electrons. The number of nitrogens with one attached hydrogen (secondary N) is 1. The molecule has 1 N–H and O–H groups in total. The average Bonchev–Trinajstić information content (AvgIpc) is 2.37. The molecule has 3 heteroatoms. The lowest BCUT2D eigenvalue weighted by atomic mass is 10.1. The van der Waals surface area contributed by atoms with E-state index in [1.165, 1.54) is 28.6 Å². The van der Waals surface area contributed by atoms with Crippen molar-refractivity contribution in [3.8, 4) is 0 Å². The van der Waals surface area contributed by atoms with Crippen molar-refractivity contribution >= 4 is 15.9 Å². The Morgan fingerprint density at radius 1 is 1.22 bits per heavy atom. The van der Waals surface area contributed by atoms with Crippen LogP contribution in [0, 0.1) is 6.92 Å². The number of benzene rings is 1. The van der Waals surface area contributed by atoms with Crippen molar-refractivity contribution in [2.24, 2.45) is 0 Å². The molecule has 18 heavy (non-hydrogen) atoms. The second-order valence-electron chi connectivity index (χ2n) is 4.69. The fraction of sp³-hybridized carbons (Fsp3) is 0.600. The molecule has 0 fully saturated rings. The van der Waals surface area contributed by atoms with Crippen molar-refractivity contribution in [3.05, 3.63) is 33.8 Å². The summed E-state index contributed by atoms with van der Waals surface area (Å²) in [5.74, 6) is 0. The summed E-state index contributed by atoms with van der Waals surface area (Å²) in [5, 5.41) is 3.51. The van der Waals surface area contributed by atoms with Gasteiger partial charge in [-0.25, -0.2) is 0 Å². The number of hydrogen-bond donors (Lipinski definition) is 1. The van der Waals surface area contributed by atoms with Crippen molar-refractivity contribution in [2.75, 3.05) is 26.2 Å². The number of rotatable bonds is 8. The first-order valence-electron chi connectivity index (χ1n) is 6.85. The Labute approximate surface area is 120 Å². The van der Waals surface area contributed by atoms with Gasteiger partial charge in [0.2, 0.25) is 0 Å². The van der Waals surface area contributed by atoms with Gasteiger partial charge in [0.05, 0.1) is 0 Å². The van der Waals surface area contributed by atoms with Gasteiger partial charge >= 0.3 is 0 Å². The maximum absolute atomic E-state index is 3.53. The van der Waals surface area contributed by atoms with Crippen LogP contribution in [0.5, 0.6) is 0 Å². The lowest BCUT2D eigenvalue weighted by Crippen LogP contribution is -2.32. The zero-order chi connectivity index (χ0) is 13.4. The van der Waals surface area contributed by atoms with Gasteiger partial charge in [-0.05, 0) is 43.6 Å². The minimum atomic E-state index is 0.956. The minimum Gasteiger partial charge on any atom is -0.311 e. The Kier molecular flexibility index (Phi) is 7.56. The molecule has 0 heterocycles. The van der Waals surface area contributed by atoms with Crippen LogP contribution in [0.1, 0.15) is 31.4 Å². The lowest BCUT2D eigenvalue weighted by Gasteiger charge is -2.19. The third-order valence-electron chi connectivity index (χ3n) is 3.14. The third kappa shape index (κ3) is 5.51. The van der Waals surface area contributed by atoms with Gasteiger partial charge in [0.15, 0.2) is 0 Å². The first-order chi connectivity index (χ1) is 8.67. The summed E-state index contributed by atoms with van der Waals surface area (Å²) in [6.07, 6.45) is 1.24. The second kappa shape index (κ2) is 8.68. The third-order valence-corrected chi connectivity index (χ3v) is 4.03. The molecule has 0 aliphatic carbocycles. The zero-order valence-corrected chi connectivity index (χ0v) is 13.4. The monoisotopic (exact) mass is 312 g/mol. The summed E-state index contributed by atoms with van der Waals surface area (Å²) < 4.78 is 1.19. The van der Waals surface area contributed by atoms with Gasteiger partial charge in [-0.15, -0.1) is 0 Å². The van der Waals surface area contributed by atoms with E-state index >= 15 is 0 Å². The van der Waals surface area contributed by atoms with Crippen LogP contribution in [0.2, 0.25) is 0 Å². The van der Waals surface area contributed by atoms with Crippen molar-refractivity contribution in [1.29, 1.82) is 0 Å². The first kappa shape index (κ1) is 15.7. The van der Waals surface area contributed by atoms with E-state index in [0.29, 0.717) is 0 Å². The van der Waals surface area contributed by atoms with Crippen LogP contribution in [0.3, 0.4) is 0 Å². The molecule has 1 rings (SSSR count). The van der Waals surface area contributed by atoms with E-state index in [4.69, 9.17) is 0 Å². The van der Waals surface area contributed by atoms with E-state index in [1.54, 1.807) is 0 Å². The smallest absolute Gasteiger partial charge is 0.0206 e. The molecule has 0 aromatic heterocycles. The molecular weight excluding hydrogens is 288 g/mol. The number of halogens is 1. The van der Waals surface area contributed by atoms with Gasteiger partial charge in [-0.3, -0.25) is 0 Å². The van der Waals surface area contributed by atoms with Crippen LogP contribution in [-0.2, 0) is 6.54 Å². The van der Waals surface area contributed by atoms with Gasteiger partial charge in [0.25, 0.3) is 0 Å². The van der Waals surface area contributed by atoms with E-state index in [1.807, 2.05) is 0 Å². The largest absolute Gasteiger partial charge is 0.311 e. The Morgan fingerprint density at radius 2 is 2.00 bits per heavy atom. The standard InChI is InChI=1S/C15H25BrN2/c1-4-9-18(5-2)10-8-17-12-14-6-7-15(16)13(3)11-14/h6-7,11,17H,4-5,8-10,12H2,1-3H3. The molecule has 0 saturated carbocycles. The van der Waals surface area contributed by atoms with Gasteiger partial charge < -0.3 is 10.2 Å². The van der Waals surface area contributed by atoms with Crippen molar-refractivity contribution in [3.63, 3.8) is 0 Å². The number of likely N-dealkylation sites (N-methyl/N-ethyl adjacent to an activating group) is 1. The highest BCUT2D eigenvalue weighted by atomic mass is 79.9. The van der Waals surface area contributed by atoms with Crippen molar-refractivity contribution in [2.45, 2.75) is 33.7 Å². The molecule has 0 radical (unpaired) electrons. The van der Waals surface area contributed by atoms with Crippen molar-refractivity contribution < 1.29 is 0 Å². The molecule has 0 unspecified atom stereocenters. The number of hydrogen-bond acceptors (Lipinski definition) is 2. The molecule has 2 nitrogen and oxygen atoms in total. The van der Waals surface area contributed by atoms with Gasteiger partial charge in [-0.2, -0.15) is 0 Å². The molecule has 0 atom stereocenters. The lowest BCUT2D eigenvalue weighted by molar-refractivity contribution is 0.287. The van der Waals surface area contributed by atoms with E-state index in [-0.39, 0.29) is 0 Å². The topological polar surface area (TPSA) is 15.3 Å². The Bertz CT molecular complexity index is 352. The highest BCUT2D eigenvalue weighted by Crippen LogP contribution is 2.16. The highest BCUT2D eigenvalue weighted by molar-refractivity contribution is 9.10. The summed E-state index contributed by atoms with van der Waals surface area (Å²) in [5.41, 5.74) is 2.66. The number of nitrogens with zero attached hydrogens (tertiary/aromatic N) is 1. The minimum absolute atomic E-state index is 0.956. The van der Waals surface area contributed by atoms with Crippen molar-refractivity contribution in [1.82, 2.24) is 10.2 Å². The van der Waals surface area contributed by atoms with E-state index in [0.717, 1.165) is 26.2 Å². The first-order valence-corrected chi connectivity index (χ1v) is 7.64. The van der Waals surface area contributed by atoms with Crippen LogP contribution in [0.4, 0.5) is 0 Å². The maximum Gasteiger partial charge on any atom is 0.0206 e. The maximum atomic E-state index is 3.53. The summed E-state index contributed by atoms with van der Waals surface area (Å²) in [6.45, 7) is 12.1. The molecule has 1 aromatic rings. The number of aryl methyl sites for hydroxylation is 1. The van der Waals surface area contributed by atoms with E-state index in [9.17, 15) is 0 Å². The van der Waals surface area contributed by atoms with E-state index in [2.05, 4.69) is 65.1 Å².